The number of aliphatic hydroxyl groups is 1. The van der Waals surface area contributed by atoms with Gasteiger partial charge in [-0.15, -0.1) is 0 Å². The quantitative estimate of drug-likeness (QED) is 0.840. The lowest BCUT2D eigenvalue weighted by atomic mass is 10.2. The number of likely N-dealkylation sites (N-methyl/N-ethyl adjacent to an activating group) is 1. The molecule has 1 rings (SSSR count). The summed E-state index contributed by atoms with van der Waals surface area (Å²) in [6.45, 7) is 0.00788. The number of carbonyl (C=O) groups excluding carboxylic acids is 1. The first-order valence-corrected chi connectivity index (χ1v) is 6.22. The van der Waals surface area contributed by atoms with Gasteiger partial charge in [-0.2, -0.15) is 0 Å². The molecule has 1 aromatic carbocycles. The Balaban J connectivity index is 2.83. The third-order valence-corrected chi connectivity index (χ3v) is 3.03. The van der Waals surface area contributed by atoms with E-state index in [4.69, 9.17) is 15.6 Å². The van der Waals surface area contributed by atoms with Gasteiger partial charge in [0.05, 0.1) is 13.7 Å². The van der Waals surface area contributed by atoms with E-state index in [1.807, 2.05) is 18.2 Å². The van der Waals surface area contributed by atoms with Crippen LogP contribution in [0.4, 0.5) is 0 Å². The van der Waals surface area contributed by atoms with Crippen molar-refractivity contribution in [3.05, 3.63) is 28.2 Å². The highest BCUT2D eigenvalue weighted by molar-refractivity contribution is 9.10. The molecule has 100 valence electrons. The number of amides is 1. The van der Waals surface area contributed by atoms with E-state index in [0.29, 0.717) is 12.3 Å². The molecule has 5 nitrogen and oxygen atoms in total. The summed E-state index contributed by atoms with van der Waals surface area (Å²) in [4.78, 5) is 13.2. The third kappa shape index (κ3) is 3.69. The largest absolute Gasteiger partial charge is 0.496 e. The van der Waals surface area contributed by atoms with Crippen LogP contribution in [0.2, 0.25) is 0 Å². The molecule has 0 aliphatic carbocycles. The first kappa shape index (κ1) is 14.9. The first-order chi connectivity index (χ1) is 8.49. The Labute approximate surface area is 115 Å². The Morgan fingerprint density at radius 1 is 1.61 bits per heavy atom. The average molecular weight is 317 g/mol. The number of halogens is 1. The molecule has 0 bridgehead atoms. The number of nitrogens with two attached hydrogens (primary N) is 1. The molecule has 0 saturated carbocycles. The topological polar surface area (TPSA) is 75.8 Å². The van der Waals surface area contributed by atoms with Gasteiger partial charge in [0.15, 0.2) is 0 Å². The number of benzene rings is 1. The molecule has 6 heteroatoms. The third-order valence-electron chi connectivity index (χ3n) is 2.54. The second-order valence-electron chi connectivity index (χ2n) is 3.94. The van der Waals surface area contributed by atoms with E-state index in [0.717, 1.165) is 10.0 Å². The van der Waals surface area contributed by atoms with Crippen LogP contribution in [0.25, 0.3) is 0 Å². The van der Waals surface area contributed by atoms with Crippen LogP contribution < -0.4 is 10.5 Å². The fourth-order valence-electron chi connectivity index (χ4n) is 1.57. The second-order valence-corrected chi connectivity index (χ2v) is 4.86. The van der Waals surface area contributed by atoms with Gasteiger partial charge in [-0.1, -0.05) is 15.9 Å². The van der Waals surface area contributed by atoms with Gasteiger partial charge in [0.25, 0.3) is 0 Å². The van der Waals surface area contributed by atoms with E-state index in [2.05, 4.69) is 15.9 Å². The fraction of sp³-hybridized carbons (Fsp3) is 0.417. The molecule has 0 aliphatic rings. The van der Waals surface area contributed by atoms with E-state index in [1.54, 1.807) is 14.2 Å². The summed E-state index contributed by atoms with van der Waals surface area (Å²) in [5.41, 5.74) is 6.36. The van der Waals surface area contributed by atoms with Crippen molar-refractivity contribution in [2.24, 2.45) is 5.73 Å². The minimum atomic E-state index is -0.881. The summed E-state index contributed by atoms with van der Waals surface area (Å²) in [7, 11) is 3.21. The lowest BCUT2D eigenvalue weighted by Crippen LogP contribution is -2.43. The number of methoxy groups -OCH3 is 1. The van der Waals surface area contributed by atoms with Crippen molar-refractivity contribution in [2.45, 2.75) is 12.6 Å². The number of carbonyl (C=O) groups is 1. The monoisotopic (exact) mass is 316 g/mol. The molecule has 0 fully saturated rings. The fourth-order valence-corrected chi connectivity index (χ4v) is 1.97. The molecule has 1 unspecified atom stereocenters. The van der Waals surface area contributed by atoms with Gasteiger partial charge in [-0.05, 0) is 18.2 Å². The Hall–Kier alpha value is -1.11. The highest BCUT2D eigenvalue weighted by Gasteiger charge is 2.18. The van der Waals surface area contributed by atoms with Crippen molar-refractivity contribution in [1.82, 2.24) is 4.90 Å². The molecular weight excluding hydrogens is 300 g/mol. The van der Waals surface area contributed by atoms with E-state index >= 15 is 0 Å². The molecule has 0 aromatic heterocycles. The number of ether oxygens (including phenoxy) is 1. The maximum atomic E-state index is 11.8. The Bertz CT molecular complexity index is 426. The van der Waals surface area contributed by atoms with Crippen LogP contribution in [0.5, 0.6) is 5.75 Å². The summed E-state index contributed by atoms with van der Waals surface area (Å²) >= 11 is 3.37. The van der Waals surface area contributed by atoms with Crippen molar-refractivity contribution in [2.75, 3.05) is 20.8 Å². The second kappa shape index (κ2) is 6.72. The molecule has 1 atom stereocenters. The van der Waals surface area contributed by atoms with Crippen molar-refractivity contribution in [1.29, 1.82) is 0 Å². The molecule has 3 N–H and O–H groups in total. The molecule has 0 radical (unpaired) electrons. The van der Waals surface area contributed by atoms with Crippen molar-refractivity contribution in [3.63, 3.8) is 0 Å². The molecule has 0 heterocycles. The number of aliphatic hydroxyl groups excluding tert-OH is 1. The lowest BCUT2D eigenvalue weighted by molar-refractivity contribution is -0.132. The van der Waals surface area contributed by atoms with Gasteiger partial charge in [-0.3, -0.25) is 4.79 Å². The SMILES string of the molecule is COc1ccc(Br)cc1CN(C)C(=O)C(N)CO. The van der Waals surface area contributed by atoms with E-state index in [9.17, 15) is 4.79 Å². The Morgan fingerprint density at radius 3 is 2.83 bits per heavy atom. The van der Waals surface area contributed by atoms with E-state index < -0.39 is 6.04 Å². The average Bonchev–Trinajstić information content (AvgIpc) is 2.37. The highest BCUT2D eigenvalue weighted by Crippen LogP contribution is 2.24. The molecular formula is C12H17BrN2O3. The molecule has 1 aromatic rings. The van der Waals surface area contributed by atoms with Gasteiger partial charge >= 0.3 is 0 Å². The van der Waals surface area contributed by atoms with Gasteiger partial charge < -0.3 is 20.5 Å². The summed E-state index contributed by atoms with van der Waals surface area (Å²) in [5, 5.41) is 8.86. The maximum Gasteiger partial charge on any atom is 0.241 e. The van der Waals surface area contributed by atoms with Gasteiger partial charge in [-0.25, -0.2) is 0 Å². The molecule has 0 spiro atoms. The predicted molar refractivity (Wildman–Crippen MR) is 72.2 cm³/mol. The zero-order valence-corrected chi connectivity index (χ0v) is 12.0. The van der Waals surface area contributed by atoms with Crippen LogP contribution >= 0.6 is 15.9 Å². The summed E-state index contributed by atoms with van der Waals surface area (Å²) < 4.78 is 6.14. The van der Waals surface area contributed by atoms with Crippen LogP contribution in [0.3, 0.4) is 0 Å². The summed E-state index contributed by atoms with van der Waals surface area (Å²) in [5.74, 6) is 0.398. The van der Waals surface area contributed by atoms with Crippen LogP contribution in [0, 0.1) is 0 Å². The Kier molecular flexibility index (Phi) is 5.58. The summed E-state index contributed by atoms with van der Waals surface area (Å²) in [6, 6.07) is 4.69. The van der Waals surface area contributed by atoms with E-state index in [1.165, 1.54) is 4.90 Å². The Morgan fingerprint density at radius 2 is 2.28 bits per heavy atom. The standard InChI is InChI=1S/C12H17BrN2O3/c1-15(12(17)10(14)7-16)6-8-5-9(13)3-4-11(8)18-2/h3-5,10,16H,6-7,14H2,1-2H3. The first-order valence-electron chi connectivity index (χ1n) is 5.43. The molecule has 1 amide bonds. The predicted octanol–water partition coefficient (Wildman–Crippen LogP) is 0.736. The van der Waals surface area contributed by atoms with Gasteiger partial charge in [0.1, 0.15) is 11.8 Å². The van der Waals surface area contributed by atoms with Crippen LogP contribution in [0.15, 0.2) is 22.7 Å². The summed E-state index contributed by atoms with van der Waals surface area (Å²) in [6.07, 6.45) is 0. The number of hydrogen-bond donors (Lipinski definition) is 2. The number of nitrogens with zero attached hydrogens (tertiary/aromatic N) is 1. The normalized spacial score (nSPS) is 12.1. The van der Waals surface area contributed by atoms with Crippen molar-refractivity contribution >= 4 is 21.8 Å². The van der Waals surface area contributed by atoms with Crippen LogP contribution in [0.1, 0.15) is 5.56 Å². The van der Waals surface area contributed by atoms with Crippen molar-refractivity contribution < 1.29 is 14.6 Å². The van der Waals surface area contributed by atoms with Crippen LogP contribution in [-0.2, 0) is 11.3 Å². The minimum absolute atomic E-state index is 0.306. The lowest BCUT2D eigenvalue weighted by Gasteiger charge is -2.21. The number of rotatable bonds is 5. The van der Waals surface area contributed by atoms with Gasteiger partial charge in [0.2, 0.25) is 5.91 Å². The molecule has 18 heavy (non-hydrogen) atoms. The maximum absolute atomic E-state index is 11.8. The zero-order chi connectivity index (χ0) is 13.7. The van der Waals surface area contributed by atoms with Crippen LogP contribution in [-0.4, -0.2) is 42.7 Å². The zero-order valence-electron chi connectivity index (χ0n) is 10.4. The van der Waals surface area contributed by atoms with E-state index in [-0.39, 0.29) is 12.5 Å². The minimum Gasteiger partial charge on any atom is -0.496 e. The molecule has 0 saturated heterocycles. The highest BCUT2D eigenvalue weighted by atomic mass is 79.9. The van der Waals surface area contributed by atoms with Crippen molar-refractivity contribution in [3.8, 4) is 5.75 Å². The molecule has 0 aliphatic heterocycles. The smallest absolute Gasteiger partial charge is 0.241 e. The van der Waals surface area contributed by atoms with Gasteiger partial charge in [0, 0.05) is 23.6 Å². The number of hydrogen-bond acceptors (Lipinski definition) is 4.